The number of aromatic nitrogens is 3. The van der Waals surface area contributed by atoms with Crippen molar-refractivity contribution in [3.8, 4) is 11.5 Å². The Kier molecular flexibility index (Phi) is 4.02. The maximum Gasteiger partial charge on any atom is 0.289 e. The summed E-state index contributed by atoms with van der Waals surface area (Å²) >= 11 is 5.23. The highest BCUT2D eigenvalue weighted by Gasteiger charge is 2.08. The number of nitrogens with one attached hydrogen (secondary N) is 1. The zero-order chi connectivity index (χ0) is 15.5. The van der Waals surface area contributed by atoms with Gasteiger partial charge in [0.2, 0.25) is 5.89 Å². The minimum absolute atomic E-state index is 0.338. The summed E-state index contributed by atoms with van der Waals surface area (Å²) in [4.78, 5) is 4.32. The Morgan fingerprint density at radius 3 is 2.73 bits per heavy atom. The van der Waals surface area contributed by atoms with Crippen molar-refractivity contribution in [1.82, 2.24) is 14.8 Å². The lowest BCUT2D eigenvalue weighted by Gasteiger charge is -2.10. The highest BCUT2D eigenvalue weighted by atomic mass is 32.1. The first-order chi connectivity index (χ1) is 10.6. The molecular formula is C16H16N4OS. The first-order valence-electron chi connectivity index (χ1n) is 6.93. The summed E-state index contributed by atoms with van der Waals surface area (Å²) in [6.07, 6.45) is 3.39. The summed E-state index contributed by atoms with van der Waals surface area (Å²) < 4.78 is 7.17. The van der Waals surface area contributed by atoms with Crippen molar-refractivity contribution in [2.24, 2.45) is 0 Å². The highest BCUT2D eigenvalue weighted by molar-refractivity contribution is 7.71. The van der Waals surface area contributed by atoms with Gasteiger partial charge in [0.1, 0.15) is 6.67 Å². The second-order valence-corrected chi connectivity index (χ2v) is 5.34. The number of anilines is 1. The molecule has 0 saturated carbocycles. The topological polar surface area (TPSA) is 55.9 Å². The molecule has 5 nitrogen and oxygen atoms in total. The first kappa shape index (κ1) is 14.5. The van der Waals surface area contributed by atoms with Crippen LogP contribution in [-0.2, 0) is 6.67 Å². The molecule has 0 unspecified atom stereocenters. The van der Waals surface area contributed by atoms with Gasteiger partial charge >= 0.3 is 0 Å². The van der Waals surface area contributed by atoms with E-state index in [1.807, 2.05) is 24.3 Å². The highest BCUT2D eigenvalue weighted by Crippen LogP contribution is 2.19. The largest absolute Gasteiger partial charge is 0.409 e. The molecule has 3 aromatic rings. The Hall–Kier alpha value is -2.47. The molecule has 0 atom stereocenters. The monoisotopic (exact) mass is 312 g/mol. The van der Waals surface area contributed by atoms with Crippen LogP contribution in [0.25, 0.3) is 11.5 Å². The number of rotatable bonds is 4. The van der Waals surface area contributed by atoms with Gasteiger partial charge in [0, 0.05) is 23.6 Å². The molecule has 112 valence electrons. The van der Waals surface area contributed by atoms with Gasteiger partial charge in [-0.1, -0.05) is 12.1 Å². The van der Waals surface area contributed by atoms with Gasteiger partial charge in [0.15, 0.2) is 0 Å². The quantitative estimate of drug-likeness (QED) is 0.739. The van der Waals surface area contributed by atoms with Gasteiger partial charge in [0.05, 0.1) is 0 Å². The summed E-state index contributed by atoms with van der Waals surface area (Å²) in [6.45, 7) is 4.63. The van der Waals surface area contributed by atoms with E-state index in [1.165, 1.54) is 11.1 Å². The maximum absolute atomic E-state index is 5.54. The summed E-state index contributed by atoms with van der Waals surface area (Å²) in [6, 6.07) is 9.82. The minimum Gasteiger partial charge on any atom is -0.409 e. The van der Waals surface area contributed by atoms with E-state index < -0.39 is 0 Å². The number of hydrogen-bond acceptors (Lipinski definition) is 5. The average Bonchev–Trinajstić information content (AvgIpc) is 2.91. The van der Waals surface area contributed by atoms with Gasteiger partial charge in [0.25, 0.3) is 4.84 Å². The van der Waals surface area contributed by atoms with Crippen LogP contribution in [-0.4, -0.2) is 14.8 Å². The summed E-state index contributed by atoms with van der Waals surface area (Å²) in [5, 5.41) is 7.74. The standard InChI is InChI=1S/C16H16N4OS/c1-11-4-3-5-14(12(11)2)18-10-20-16(22)21-15(19-20)13-6-8-17-9-7-13/h3-9,18H,10H2,1-2H3. The van der Waals surface area contributed by atoms with E-state index in [2.05, 4.69) is 35.3 Å². The zero-order valence-corrected chi connectivity index (χ0v) is 13.2. The van der Waals surface area contributed by atoms with Crippen LogP contribution >= 0.6 is 12.2 Å². The number of aryl methyl sites for hydroxylation is 1. The van der Waals surface area contributed by atoms with Crippen molar-refractivity contribution in [3.05, 3.63) is 58.7 Å². The van der Waals surface area contributed by atoms with Crippen LogP contribution in [0.2, 0.25) is 0 Å². The normalized spacial score (nSPS) is 10.6. The Morgan fingerprint density at radius 2 is 1.95 bits per heavy atom. The smallest absolute Gasteiger partial charge is 0.289 e. The number of pyridine rings is 1. The van der Waals surface area contributed by atoms with Crippen molar-refractivity contribution in [2.75, 3.05) is 5.32 Å². The van der Waals surface area contributed by atoms with Crippen molar-refractivity contribution < 1.29 is 4.42 Å². The van der Waals surface area contributed by atoms with Crippen LogP contribution in [0, 0.1) is 18.7 Å². The van der Waals surface area contributed by atoms with E-state index >= 15 is 0 Å². The fraction of sp³-hybridized carbons (Fsp3) is 0.188. The van der Waals surface area contributed by atoms with Crippen LogP contribution in [0.15, 0.2) is 47.1 Å². The molecule has 3 rings (SSSR count). The van der Waals surface area contributed by atoms with Gasteiger partial charge in [-0.25, -0.2) is 4.68 Å². The van der Waals surface area contributed by atoms with Gasteiger partial charge in [-0.3, -0.25) is 4.98 Å². The Labute approximate surface area is 133 Å². The lowest BCUT2D eigenvalue weighted by Crippen LogP contribution is -2.10. The molecule has 22 heavy (non-hydrogen) atoms. The molecule has 0 fully saturated rings. The van der Waals surface area contributed by atoms with E-state index in [-0.39, 0.29) is 0 Å². The molecule has 0 spiro atoms. The lowest BCUT2D eigenvalue weighted by molar-refractivity contribution is 0.522. The molecule has 0 saturated heterocycles. The summed E-state index contributed by atoms with van der Waals surface area (Å²) in [5.74, 6) is 0.496. The Balaban J connectivity index is 1.81. The molecule has 0 amide bonds. The first-order valence-corrected chi connectivity index (χ1v) is 7.34. The van der Waals surface area contributed by atoms with E-state index in [9.17, 15) is 0 Å². The Bertz CT molecular complexity index is 839. The molecular weight excluding hydrogens is 296 g/mol. The molecule has 0 aliphatic rings. The molecule has 2 heterocycles. The Morgan fingerprint density at radius 1 is 1.18 bits per heavy atom. The van der Waals surface area contributed by atoms with Crippen LogP contribution in [0.5, 0.6) is 0 Å². The summed E-state index contributed by atoms with van der Waals surface area (Å²) in [5.41, 5.74) is 4.38. The number of hydrogen-bond donors (Lipinski definition) is 1. The molecule has 1 N–H and O–H groups in total. The third kappa shape index (κ3) is 2.92. The maximum atomic E-state index is 5.54. The van der Waals surface area contributed by atoms with Crippen molar-refractivity contribution >= 4 is 17.9 Å². The van der Waals surface area contributed by atoms with Crippen LogP contribution in [0.3, 0.4) is 0 Å². The molecule has 0 radical (unpaired) electrons. The third-order valence-electron chi connectivity index (χ3n) is 3.56. The van der Waals surface area contributed by atoms with Gasteiger partial charge in [-0.2, -0.15) is 0 Å². The number of nitrogens with zero attached hydrogens (tertiary/aromatic N) is 3. The van der Waals surface area contributed by atoms with E-state index in [4.69, 9.17) is 16.6 Å². The number of benzene rings is 1. The molecule has 0 aliphatic carbocycles. The average molecular weight is 312 g/mol. The fourth-order valence-corrected chi connectivity index (χ4v) is 2.30. The molecule has 2 aromatic heterocycles. The second kappa shape index (κ2) is 6.11. The van der Waals surface area contributed by atoms with Crippen molar-refractivity contribution in [3.63, 3.8) is 0 Å². The van der Waals surface area contributed by atoms with Crippen LogP contribution in [0.1, 0.15) is 11.1 Å². The van der Waals surface area contributed by atoms with Crippen molar-refractivity contribution in [2.45, 2.75) is 20.5 Å². The SMILES string of the molecule is Cc1cccc(NCn2nc(-c3ccncc3)oc2=S)c1C. The van der Waals surface area contributed by atoms with Gasteiger partial charge in [-0.15, -0.1) is 5.10 Å². The van der Waals surface area contributed by atoms with Gasteiger partial charge in [-0.05, 0) is 55.4 Å². The predicted octanol–water partition coefficient (Wildman–Crippen LogP) is 3.95. The third-order valence-corrected chi connectivity index (χ3v) is 3.85. The van der Waals surface area contributed by atoms with Crippen LogP contribution < -0.4 is 5.32 Å². The minimum atomic E-state index is 0.338. The lowest BCUT2D eigenvalue weighted by atomic mass is 10.1. The molecule has 0 aliphatic heterocycles. The van der Waals surface area contributed by atoms with E-state index in [0.717, 1.165) is 11.3 Å². The van der Waals surface area contributed by atoms with Gasteiger partial charge < -0.3 is 9.73 Å². The van der Waals surface area contributed by atoms with Crippen LogP contribution in [0.4, 0.5) is 5.69 Å². The predicted molar refractivity (Wildman–Crippen MR) is 88.1 cm³/mol. The van der Waals surface area contributed by atoms with Crippen molar-refractivity contribution in [1.29, 1.82) is 0 Å². The van der Waals surface area contributed by atoms with E-state index in [0.29, 0.717) is 17.4 Å². The molecule has 6 heteroatoms. The second-order valence-electron chi connectivity index (χ2n) is 4.99. The van der Waals surface area contributed by atoms with E-state index in [1.54, 1.807) is 17.1 Å². The summed E-state index contributed by atoms with van der Waals surface area (Å²) in [7, 11) is 0. The molecule has 0 bridgehead atoms. The molecule has 1 aromatic carbocycles. The fourth-order valence-electron chi connectivity index (χ4n) is 2.12. The zero-order valence-electron chi connectivity index (χ0n) is 12.4.